The third kappa shape index (κ3) is 3.72. The first kappa shape index (κ1) is 19.8. The van der Waals surface area contributed by atoms with Gasteiger partial charge in [0.15, 0.2) is 15.6 Å². The van der Waals surface area contributed by atoms with Gasteiger partial charge < -0.3 is 14.2 Å². The molecule has 146 valence electrons. The van der Waals surface area contributed by atoms with E-state index in [1.807, 2.05) is 0 Å². The molecule has 1 fully saturated rings. The van der Waals surface area contributed by atoms with Crippen LogP contribution in [0.2, 0.25) is 0 Å². The fourth-order valence-corrected chi connectivity index (χ4v) is 5.50. The number of carbonyl (C=O) groups is 1. The van der Waals surface area contributed by atoms with Gasteiger partial charge in [-0.1, -0.05) is 30.4 Å². The molecule has 1 aromatic rings. The second-order valence-electron chi connectivity index (χ2n) is 7.04. The van der Waals surface area contributed by atoms with Crippen LogP contribution in [0.4, 0.5) is 0 Å². The average molecular weight is 392 g/mol. The zero-order valence-corrected chi connectivity index (χ0v) is 16.5. The largest absolute Gasteiger partial charge is 0.463 e. The van der Waals surface area contributed by atoms with Crippen LogP contribution in [0, 0.1) is 0 Å². The molecule has 0 saturated carbocycles. The monoisotopic (exact) mass is 392 g/mol. The van der Waals surface area contributed by atoms with Crippen LogP contribution >= 0.6 is 0 Å². The van der Waals surface area contributed by atoms with Gasteiger partial charge in [0.25, 0.3) is 0 Å². The van der Waals surface area contributed by atoms with Crippen LogP contribution in [0.25, 0.3) is 0 Å². The fraction of sp³-hybridized carbons (Fsp3) is 0.450. The van der Waals surface area contributed by atoms with Gasteiger partial charge in [-0.15, -0.1) is 0 Å². The van der Waals surface area contributed by atoms with Crippen LogP contribution in [0.15, 0.2) is 58.5 Å². The van der Waals surface area contributed by atoms with E-state index >= 15 is 0 Å². The van der Waals surface area contributed by atoms with E-state index < -0.39 is 32.9 Å². The molecule has 0 aromatic heterocycles. The first-order valence-corrected chi connectivity index (χ1v) is 10.4. The summed E-state index contributed by atoms with van der Waals surface area (Å²) in [5, 5.41) is -1.04. The molecule has 1 aliphatic carbocycles. The Balaban J connectivity index is 2.11. The molecule has 7 heteroatoms. The van der Waals surface area contributed by atoms with Gasteiger partial charge in [0.1, 0.15) is 11.4 Å². The van der Waals surface area contributed by atoms with Crippen LogP contribution in [0.5, 0.6) is 0 Å². The van der Waals surface area contributed by atoms with Gasteiger partial charge in [-0.3, -0.25) is 0 Å². The lowest BCUT2D eigenvalue weighted by molar-refractivity contribution is -0.140. The van der Waals surface area contributed by atoms with Crippen molar-refractivity contribution in [1.29, 1.82) is 0 Å². The number of rotatable bonds is 5. The maximum Gasteiger partial charge on any atom is 0.334 e. The second-order valence-corrected chi connectivity index (χ2v) is 9.08. The van der Waals surface area contributed by atoms with E-state index in [1.54, 1.807) is 51.1 Å². The molecule has 6 nitrogen and oxygen atoms in total. The van der Waals surface area contributed by atoms with Crippen molar-refractivity contribution in [2.75, 3.05) is 13.2 Å². The Morgan fingerprint density at radius 1 is 1.30 bits per heavy atom. The number of hydrogen-bond acceptors (Lipinski definition) is 6. The Hall–Kier alpha value is -1.96. The molecule has 0 bridgehead atoms. The SMILES string of the molecule is C=C1CC(C(=O)OCC)=C([C@H]2COC(C)(C)O2)C1S(=O)(=O)c1ccccc1. The van der Waals surface area contributed by atoms with Crippen LogP contribution in [-0.4, -0.2) is 44.7 Å². The smallest absolute Gasteiger partial charge is 0.334 e. The van der Waals surface area contributed by atoms with Gasteiger partial charge in [-0.2, -0.15) is 0 Å². The molecule has 0 amide bonds. The van der Waals surface area contributed by atoms with Gasteiger partial charge in [0.05, 0.1) is 18.1 Å². The van der Waals surface area contributed by atoms with Gasteiger partial charge in [0.2, 0.25) is 0 Å². The third-order valence-corrected chi connectivity index (χ3v) is 6.80. The maximum atomic E-state index is 13.4. The Morgan fingerprint density at radius 3 is 2.52 bits per heavy atom. The molecular formula is C20H24O6S. The van der Waals surface area contributed by atoms with E-state index in [1.165, 1.54) is 0 Å². The summed E-state index contributed by atoms with van der Waals surface area (Å²) < 4.78 is 43.4. The summed E-state index contributed by atoms with van der Waals surface area (Å²) in [6.07, 6.45) is -0.507. The summed E-state index contributed by atoms with van der Waals surface area (Å²) in [5.74, 6) is -1.39. The molecule has 0 radical (unpaired) electrons. The number of ether oxygens (including phenoxy) is 3. The summed E-state index contributed by atoms with van der Waals surface area (Å²) >= 11 is 0. The van der Waals surface area contributed by atoms with E-state index in [0.717, 1.165) is 0 Å². The van der Waals surface area contributed by atoms with Gasteiger partial charge >= 0.3 is 5.97 Å². The van der Waals surface area contributed by atoms with Crippen molar-refractivity contribution in [1.82, 2.24) is 0 Å². The minimum absolute atomic E-state index is 0.144. The normalized spacial score (nSPS) is 25.1. The number of hydrogen-bond donors (Lipinski definition) is 0. The van der Waals surface area contributed by atoms with E-state index in [4.69, 9.17) is 14.2 Å². The standard InChI is InChI=1S/C20H24O6S/c1-5-24-19(21)15-11-13(2)18(17(15)16-12-25-20(3,4)26-16)27(22,23)14-9-7-6-8-10-14/h6-10,16,18H,2,5,11-12H2,1,3-4H3/t16-,18?/m1/s1. The molecule has 1 aliphatic heterocycles. The number of carbonyl (C=O) groups excluding carboxylic acids is 1. The number of sulfone groups is 1. The van der Waals surface area contributed by atoms with Gasteiger partial charge in [0, 0.05) is 12.0 Å². The average Bonchev–Trinajstić information content (AvgIpc) is 3.15. The highest BCUT2D eigenvalue weighted by Gasteiger charge is 2.48. The fourth-order valence-electron chi connectivity index (χ4n) is 3.54. The molecule has 1 saturated heterocycles. The highest BCUT2D eigenvalue weighted by atomic mass is 32.2. The molecule has 2 aliphatic rings. The third-order valence-electron chi connectivity index (χ3n) is 4.66. The Morgan fingerprint density at radius 2 is 1.96 bits per heavy atom. The van der Waals surface area contributed by atoms with Crippen molar-refractivity contribution in [3.05, 3.63) is 53.6 Å². The molecule has 1 unspecified atom stereocenters. The lowest BCUT2D eigenvalue weighted by Crippen LogP contribution is -2.32. The van der Waals surface area contributed by atoms with Crippen molar-refractivity contribution >= 4 is 15.8 Å². The van der Waals surface area contributed by atoms with Crippen molar-refractivity contribution in [2.24, 2.45) is 0 Å². The summed E-state index contributed by atoms with van der Waals surface area (Å²) in [7, 11) is -3.79. The van der Waals surface area contributed by atoms with E-state index in [-0.39, 0.29) is 24.5 Å². The van der Waals surface area contributed by atoms with Gasteiger partial charge in [-0.25, -0.2) is 13.2 Å². The van der Waals surface area contributed by atoms with Gasteiger partial charge in [-0.05, 0) is 38.5 Å². The number of esters is 1. The number of benzene rings is 1. The summed E-state index contributed by atoms with van der Waals surface area (Å²) in [4.78, 5) is 12.7. The highest BCUT2D eigenvalue weighted by molar-refractivity contribution is 7.92. The minimum Gasteiger partial charge on any atom is -0.463 e. The van der Waals surface area contributed by atoms with Crippen molar-refractivity contribution in [2.45, 2.75) is 49.2 Å². The van der Waals surface area contributed by atoms with Crippen LogP contribution < -0.4 is 0 Å². The van der Waals surface area contributed by atoms with E-state index in [0.29, 0.717) is 16.7 Å². The predicted octanol–water partition coefficient (Wildman–Crippen LogP) is 2.80. The molecule has 1 aromatic carbocycles. The quantitative estimate of drug-likeness (QED) is 0.566. The minimum atomic E-state index is -3.79. The topological polar surface area (TPSA) is 78.9 Å². The first-order chi connectivity index (χ1) is 12.7. The van der Waals surface area contributed by atoms with Crippen LogP contribution in [-0.2, 0) is 28.8 Å². The van der Waals surface area contributed by atoms with Crippen molar-refractivity contribution in [3.8, 4) is 0 Å². The van der Waals surface area contributed by atoms with Crippen molar-refractivity contribution in [3.63, 3.8) is 0 Å². The van der Waals surface area contributed by atoms with Crippen molar-refractivity contribution < 1.29 is 27.4 Å². The lowest BCUT2D eigenvalue weighted by atomic mass is 10.1. The molecule has 27 heavy (non-hydrogen) atoms. The van der Waals surface area contributed by atoms with Crippen LogP contribution in [0.3, 0.4) is 0 Å². The Bertz CT molecular complexity index is 882. The molecular weight excluding hydrogens is 368 g/mol. The molecule has 0 spiro atoms. The van der Waals surface area contributed by atoms with E-state index in [9.17, 15) is 13.2 Å². The molecule has 3 rings (SSSR count). The second kappa shape index (κ2) is 7.22. The first-order valence-electron chi connectivity index (χ1n) is 8.86. The predicted molar refractivity (Wildman–Crippen MR) is 99.7 cm³/mol. The lowest BCUT2D eigenvalue weighted by Gasteiger charge is -2.23. The zero-order chi connectivity index (χ0) is 19.8. The Kier molecular flexibility index (Phi) is 5.29. The highest BCUT2D eigenvalue weighted by Crippen LogP contribution is 2.43. The molecule has 0 N–H and O–H groups in total. The maximum absolute atomic E-state index is 13.4. The molecule has 1 heterocycles. The zero-order valence-electron chi connectivity index (χ0n) is 15.7. The van der Waals surface area contributed by atoms with Crippen LogP contribution in [0.1, 0.15) is 27.2 Å². The summed E-state index contributed by atoms with van der Waals surface area (Å²) in [6.45, 7) is 9.53. The Labute approximate surface area is 159 Å². The summed E-state index contributed by atoms with van der Waals surface area (Å²) in [5.41, 5.74) is 1.12. The van der Waals surface area contributed by atoms with E-state index in [2.05, 4.69) is 6.58 Å². The molecule has 2 atom stereocenters. The summed E-state index contributed by atoms with van der Waals surface area (Å²) in [6, 6.07) is 8.16.